The third-order valence-corrected chi connectivity index (χ3v) is 6.63. The van der Waals surface area contributed by atoms with E-state index in [2.05, 4.69) is 10.6 Å². The highest BCUT2D eigenvalue weighted by atomic mass is 16.6. The van der Waals surface area contributed by atoms with Crippen LogP contribution in [0, 0.1) is 0 Å². The molecule has 1 unspecified atom stereocenters. The van der Waals surface area contributed by atoms with Crippen molar-refractivity contribution in [2.24, 2.45) is 5.73 Å². The van der Waals surface area contributed by atoms with E-state index in [-0.39, 0.29) is 63.3 Å². The fourth-order valence-corrected chi connectivity index (χ4v) is 4.56. The molecule has 2 aliphatic heterocycles. The van der Waals surface area contributed by atoms with E-state index in [9.17, 15) is 24.0 Å². The highest BCUT2D eigenvalue weighted by Crippen LogP contribution is 2.32. The van der Waals surface area contributed by atoms with Gasteiger partial charge in [-0.05, 0) is 39.3 Å². The standard InChI is InChI=1S/C29H43N5O9/c1-29(2,3)43-28(39)33(12-16-42-18-17-41-14-10-30)11-15-40-13-9-25(36)31-22-6-4-5-20-21(22)19-34(27(20)38)23-7-8-24(35)32-26(23)37/h4-6,23H,7-19,30H2,1-3H3,(H,31,36)(H,32,35,37). The van der Waals surface area contributed by atoms with Crippen molar-refractivity contribution in [2.75, 3.05) is 64.6 Å². The lowest BCUT2D eigenvalue weighted by Gasteiger charge is -2.29. The monoisotopic (exact) mass is 605 g/mol. The molecule has 0 aliphatic carbocycles. The lowest BCUT2D eigenvalue weighted by atomic mass is 10.0. The average Bonchev–Trinajstić information content (AvgIpc) is 3.27. The van der Waals surface area contributed by atoms with Gasteiger partial charge in [0.1, 0.15) is 11.6 Å². The van der Waals surface area contributed by atoms with Gasteiger partial charge in [-0.2, -0.15) is 0 Å². The number of hydrogen-bond donors (Lipinski definition) is 3. The molecule has 14 heteroatoms. The maximum atomic E-state index is 13.0. The summed E-state index contributed by atoms with van der Waals surface area (Å²) in [5, 5.41) is 5.11. The van der Waals surface area contributed by atoms with E-state index in [1.165, 1.54) is 9.80 Å². The van der Waals surface area contributed by atoms with Gasteiger partial charge in [-0.15, -0.1) is 0 Å². The molecule has 1 atom stereocenters. The van der Waals surface area contributed by atoms with Crippen molar-refractivity contribution in [1.29, 1.82) is 0 Å². The number of amides is 5. The Kier molecular flexibility index (Phi) is 12.9. The number of piperidine rings is 1. The molecule has 238 valence electrons. The van der Waals surface area contributed by atoms with E-state index in [0.717, 1.165) is 0 Å². The maximum absolute atomic E-state index is 13.0. The highest BCUT2D eigenvalue weighted by molar-refractivity contribution is 6.06. The van der Waals surface area contributed by atoms with Gasteiger partial charge in [0.05, 0.1) is 46.1 Å². The van der Waals surface area contributed by atoms with Crippen molar-refractivity contribution < 1.29 is 42.9 Å². The number of hydrogen-bond acceptors (Lipinski definition) is 10. The number of anilines is 1. The van der Waals surface area contributed by atoms with Crippen LogP contribution in [0.25, 0.3) is 0 Å². The van der Waals surface area contributed by atoms with Crippen molar-refractivity contribution in [3.63, 3.8) is 0 Å². The summed E-state index contributed by atoms with van der Waals surface area (Å²) in [5.74, 6) is -1.48. The number of nitrogens with two attached hydrogens (primary N) is 1. The Balaban J connectivity index is 1.44. The van der Waals surface area contributed by atoms with Crippen molar-refractivity contribution >= 4 is 35.4 Å². The summed E-state index contributed by atoms with van der Waals surface area (Å²) < 4.78 is 21.9. The minimum absolute atomic E-state index is 0.0484. The first-order chi connectivity index (χ1) is 20.5. The Bertz CT molecular complexity index is 1150. The zero-order chi connectivity index (χ0) is 31.4. The highest BCUT2D eigenvalue weighted by Gasteiger charge is 2.40. The van der Waals surface area contributed by atoms with Crippen LogP contribution in [0.3, 0.4) is 0 Å². The lowest BCUT2D eigenvalue weighted by molar-refractivity contribution is -0.137. The normalized spacial score (nSPS) is 16.6. The summed E-state index contributed by atoms with van der Waals surface area (Å²) in [6.45, 7) is 8.32. The zero-order valence-corrected chi connectivity index (χ0v) is 25.1. The second kappa shape index (κ2) is 16.3. The Morgan fingerprint density at radius 1 is 1.02 bits per heavy atom. The first-order valence-corrected chi connectivity index (χ1v) is 14.5. The number of rotatable bonds is 16. The molecule has 1 saturated heterocycles. The van der Waals surface area contributed by atoms with Gasteiger partial charge in [-0.1, -0.05) is 6.07 Å². The molecule has 4 N–H and O–H groups in total. The summed E-state index contributed by atoms with van der Waals surface area (Å²) in [6, 6.07) is 4.28. The van der Waals surface area contributed by atoms with Gasteiger partial charge in [0.15, 0.2) is 0 Å². The summed E-state index contributed by atoms with van der Waals surface area (Å²) in [6.07, 6.45) is -0.0245. The molecule has 0 aromatic heterocycles. The summed E-state index contributed by atoms with van der Waals surface area (Å²) in [7, 11) is 0. The van der Waals surface area contributed by atoms with Crippen molar-refractivity contribution in [3.8, 4) is 0 Å². The number of nitrogens with one attached hydrogen (secondary N) is 2. The smallest absolute Gasteiger partial charge is 0.410 e. The van der Waals surface area contributed by atoms with Crippen LogP contribution >= 0.6 is 0 Å². The Morgan fingerprint density at radius 3 is 2.35 bits per heavy atom. The molecule has 0 spiro atoms. The molecule has 1 aromatic carbocycles. The third kappa shape index (κ3) is 10.6. The fraction of sp³-hybridized carbons (Fsp3) is 0.621. The molecule has 2 heterocycles. The number of carbonyl (C=O) groups is 5. The molecular weight excluding hydrogens is 562 g/mol. The van der Waals surface area contributed by atoms with E-state index in [4.69, 9.17) is 24.7 Å². The van der Waals surface area contributed by atoms with Crippen molar-refractivity contribution in [3.05, 3.63) is 29.3 Å². The van der Waals surface area contributed by atoms with E-state index < -0.39 is 23.6 Å². The van der Waals surface area contributed by atoms with Crippen LogP contribution in [0.1, 0.15) is 56.0 Å². The maximum Gasteiger partial charge on any atom is 0.410 e. The molecule has 1 aromatic rings. The fourth-order valence-electron chi connectivity index (χ4n) is 4.56. The number of ether oxygens (including phenoxy) is 4. The van der Waals surface area contributed by atoms with Gasteiger partial charge < -0.3 is 39.8 Å². The summed E-state index contributed by atoms with van der Waals surface area (Å²) >= 11 is 0. The van der Waals surface area contributed by atoms with Crippen LogP contribution in [0.2, 0.25) is 0 Å². The first-order valence-electron chi connectivity index (χ1n) is 14.5. The van der Waals surface area contributed by atoms with E-state index in [1.54, 1.807) is 39.0 Å². The predicted octanol–water partition coefficient (Wildman–Crippen LogP) is 1.02. The Hall–Kier alpha value is -3.59. The minimum atomic E-state index is -0.739. The molecule has 5 amide bonds. The van der Waals surface area contributed by atoms with Gasteiger partial charge in [-0.25, -0.2) is 4.79 Å². The van der Waals surface area contributed by atoms with Crippen LogP contribution in [-0.2, 0) is 39.9 Å². The molecule has 3 rings (SSSR count). The second-order valence-electron chi connectivity index (χ2n) is 11.1. The van der Waals surface area contributed by atoms with Crippen LogP contribution < -0.4 is 16.4 Å². The van der Waals surface area contributed by atoms with Gasteiger partial charge in [0, 0.05) is 49.4 Å². The number of nitrogens with zero attached hydrogens (tertiary/aromatic N) is 2. The van der Waals surface area contributed by atoms with Gasteiger partial charge in [0.25, 0.3) is 5.91 Å². The van der Waals surface area contributed by atoms with Crippen molar-refractivity contribution in [1.82, 2.24) is 15.1 Å². The van der Waals surface area contributed by atoms with E-state index in [1.807, 2.05) is 0 Å². The van der Waals surface area contributed by atoms with Gasteiger partial charge in [-0.3, -0.25) is 24.5 Å². The SMILES string of the molecule is CC(C)(C)OC(=O)N(CCOCCOCCN)CCOCCC(=O)Nc1cccc2c1CN(C1CCC(=O)NC1=O)C2=O. The van der Waals surface area contributed by atoms with Crippen LogP contribution in [0.5, 0.6) is 0 Å². The summed E-state index contributed by atoms with van der Waals surface area (Å²) in [5.41, 5.74) is 6.23. The molecular formula is C29H43N5O9. The number of imide groups is 1. The molecule has 14 nitrogen and oxygen atoms in total. The van der Waals surface area contributed by atoms with E-state index >= 15 is 0 Å². The van der Waals surface area contributed by atoms with Gasteiger partial charge in [0.2, 0.25) is 17.7 Å². The number of carbonyl (C=O) groups excluding carboxylic acids is 5. The zero-order valence-electron chi connectivity index (χ0n) is 25.1. The lowest BCUT2D eigenvalue weighted by Crippen LogP contribution is -2.52. The summed E-state index contributed by atoms with van der Waals surface area (Å²) in [4.78, 5) is 65.1. The Morgan fingerprint density at radius 2 is 1.70 bits per heavy atom. The predicted molar refractivity (Wildman–Crippen MR) is 155 cm³/mol. The number of fused-ring (bicyclic) bond motifs is 1. The molecule has 2 aliphatic rings. The quantitative estimate of drug-likeness (QED) is 0.182. The topological polar surface area (TPSA) is 179 Å². The molecule has 0 bridgehead atoms. The van der Waals surface area contributed by atoms with Gasteiger partial charge >= 0.3 is 6.09 Å². The van der Waals surface area contributed by atoms with E-state index in [0.29, 0.717) is 56.3 Å². The second-order valence-corrected chi connectivity index (χ2v) is 11.1. The third-order valence-electron chi connectivity index (χ3n) is 6.63. The first kappa shape index (κ1) is 33.9. The molecule has 1 fully saturated rings. The number of benzene rings is 1. The van der Waals surface area contributed by atoms with Crippen LogP contribution in [-0.4, -0.2) is 110 Å². The van der Waals surface area contributed by atoms with Crippen LogP contribution in [0.15, 0.2) is 18.2 Å². The minimum Gasteiger partial charge on any atom is -0.444 e. The molecule has 43 heavy (non-hydrogen) atoms. The Labute approximate surface area is 251 Å². The van der Waals surface area contributed by atoms with Crippen LogP contribution in [0.4, 0.5) is 10.5 Å². The molecule has 0 radical (unpaired) electrons. The average molecular weight is 606 g/mol. The molecule has 0 saturated carbocycles. The van der Waals surface area contributed by atoms with Crippen molar-refractivity contribution in [2.45, 2.75) is 58.2 Å². The largest absolute Gasteiger partial charge is 0.444 e.